The number of anilines is 1. The van der Waals surface area contributed by atoms with Gasteiger partial charge in [0.05, 0.1) is 19.6 Å². The number of carbonyl (C=O) groups is 1. The highest BCUT2D eigenvalue weighted by Gasteiger charge is 2.43. The van der Waals surface area contributed by atoms with Crippen LogP contribution < -0.4 is 9.64 Å². The predicted molar refractivity (Wildman–Crippen MR) is 131 cm³/mol. The Morgan fingerprint density at radius 1 is 1.08 bits per heavy atom. The van der Waals surface area contributed by atoms with Gasteiger partial charge in [0.1, 0.15) is 17.4 Å². The minimum absolute atomic E-state index is 0.177. The van der Waals surface area contributed by atoms with Crippen molar-refractivity contribution in [2.45, 2.75) is 45.1 Å². The fourth-order valence-corrected chi connectivity index (χ4v) is 5.45. The van der Waals surface area contributed by atoms with Crippen LogP contribution >= 0.6 is 0 Å². The lowest BCUT2D eigenvalue weighted by Crippen LogP contribution is -2.43. The summed E-state index contributed by atoms with van der Waals surface area (Å²) in [6, 6.07) is 2.40. The molecular formula is C27H34F2N4O3. The molecule has 194 valence electrons. The number of halogens is 2. The fourth-order valence-electron chi connectivity index (χ4n) is 5.45. The van der Waals surface area contributed by atoms with Gasteiger partial charge in [-0.3, -0.25) is 4.79 Å². The van der Waals surface area contributed by atoms with Crippen molar-refractivity contribution in [1.29, 1.82) is 0 Å². The Morgan fingerprint density at radius 3 is 2.39 bits per heavy atom. The Balaban J connectivity index is 1.03. The van der Waals surface area contributed by atoms with Gasteiger partial charge in [0.25, 0.3) is 0 Å². The lowest BCUT2D eigenvalue weighted by molar-refractivity contribution is -0.133. The first-order chi connectivity index (χ1) is 17.5. The minimum atomic E-state index is -0.716. The first-order valence-electron chi connectivity index (χ1n) is 12.9. The Kier molecular flexibility index (Phi) is 7.65. The van der Waals surface area contributed by atoms with Crippen molar-refractivity contribution < 1.29 is 23.0 Å². The third-order valence-corrected chi connectivity index (χ3v) is 7.82. The van der Waals surface area contributed by atoms with Crippen LogP contribution in [0.5, 0.6) is 5.75 Å². The minimum Gasteiger partial charge on any atom is -0.493 e. The van der Waals surface area contributed by atoms with Crippen LogP contribution in [-0.2, 0) is 22.6 Å². The van der Waals surface area contributed by atoms with E-state index in [1.165, 1.54) is 18.6 Å². The number of amides is 1. The number of methoxy groups -OCH3 is 1. The van der Waals surface area contributed by atoms with E-state index in [0.29, 0.717) is 44.1 Å². The number of benzene rings is 1. The molecule has 3 fully saturated rings. The van der Waals surface area contributed by atoms with E-state index in [1.54, 1.807) is 12.0 Å². The third-order valence-electron chi connectivity index (χ3n) is 7.82. The first-order valence-corrected chi connectivity index (χ1v) is 12.9. The van der Waals surface area contributed by atoms with E-state index in [9.17, 15) is 13.6 Å². The molecule has 1 saturated carbocycles. The molecule has 1 amide bonds. The van der Waals surface area contributed by atoms with Crippen molar-refractivity contribution in [1.82, 2.24) is 14.9 Å². The maximum atomic E-state index is 14.5. The van der Waals surface area contributed by atoms with Crippen LogP contribution in [0.2, 0.25) is 0 Å². The Labute approximate surface area is 210 Å². The average molecular weight is 501 g/mol. The van der Waals surface area contributed by atoms with Crippen LogP contribution in [0.4, 0.5) is 14.7 Å². The Morgan fingerprint density at radius 2 is 1.78 bits per heavy atom. The highest BCUT2D eigenvalue weighted by atomic mass is 19.1. The summed E-state index contributed by atoms with van der Waals surface area (Å²) in [6.45, 7) is 4.21. The van der Waals surface area contributed by atoms with Gasteiger partial charge in [0.2, 0.25) is 11.9 Å². The molecule has 1 aromatic carbocycles. The second kappa shape index (κ2) is 11.1. The zero-order valence-electron chi connectivity index (χ0n) is 20.8. The van der Waals surface area contributed by atoms with E-state index in [4.69, 9.17) is 9.47 Å². The van der Waals surface area contributed by atoms with Crippen LogP contribution in [0.1, 0.15) is 43.2 Å². The normalized spacial score (nSPS) is 21.9. The van der Waals surface area contributed by atoms with Gasteiger partial charge in [0, 0.05) is 68.9 Å². The van der Waals surface area contributed by atoms with E-state index in [2.05, 4.69) is 14.9 Å². The summed E-state index contributed by atoms with van der Waals surface area (Å²) in [5.41, 5.74) is 0.794. The molecule has 0 N–H and O–H groups in total. The van der Waals surface area contributed by atoms with Gasteiger partial charge in [-0.2, -0.15) is 0 Å². The lowest BCUT2D eigenvalue weighted by Gasteiger charge is -2.32. The predicted octanol–water partition coefficient (Wildman–Crippen LogP) is 4.00. The molecule has 2 aliphatic heterocycles. The van der Waals surface area contributed by atoms with Crippen molar-refractivity contribution in [3.63, 3.8) is 0 Å². The van der Waals surface area contributed by atoms with Gasteiger partial charge >= 0.3 is 0 Å². The highest BCUT2D eigenvalue weighted by molar-refractivity contribution is 5.79. The van der Waals surface area contributed by atoms with E-state index < -0.39 is 11.6 Å². The molecule has 0 radical (unpaired) electrons. The standard InChI is InChI=1S/C27H34F2N4O3/c1-35-17-18-15-30-27(31-16-18)33-8-3-19(4-9-33)22-11-20(22)5-10-36-21-12-24(28)23(25(29)13-21)14-26(34)32-6-2-7-32/h12-13,15-16,19-20,22H,2-11,14,17H2,1H3. The van der Waals surface area contributed by atoms with Gasteiger partial charge in [-0.25, -0.2) is 18.7 Å². The zero-order chi connectivity index (χ0) is 25.1. The molecule has 5 rings (SSSR count). The summed E-state index contributed by atoms with van der Waals surface area (Å²) < 4.78 is 39.7. The van der Waals surface area contributed by atoms with Crippen LogP contribution in [0.25, 0.3) is 0 Å². The summed E-state index contributed by atoms with van der Waals surface area (Å²) >= 11 is 0. The molecule has 2 saturated heterocycles. The fraction of sp³-hybridized carbons (Fsp3) is 0.593. The van der Waals surface area contributed by atoms with Crippen LogP contribution in [0.3, 0.4) is 0 Å². The molecule has 2 aromatic rings. The van der Waals surface area contributed by atoms with Gasteiger partial charge in [-0.15, -0.1) is 0 Å². The maximum absolute atomic E-state index is 14.5. The summed E-state index contributed by atoms with van der Waals surface area (Å²) in [6.07, 6.45) is 8.68. The topological polar surface area (TPSA) is 67.8 Å². The lowest BCUT2D eigenvalue weighted by atomic mass is 9.90. The first kappa shape index (κ1) is 24.9. The molecule has 1 aromatic heterocycles. The summed E-state index contributed by atoms with van der Waals surface area (Å²) in [7, 11) is 1.66. The van der Waals surface area contributed by atoms with Crippen LogP contribution in [0, 0.1) is 29.4 Å². The van der Waals surface area contributed by atoms with Crippen molar-refractivity contribution >= 4 is 11.9 Å². The SMILES string of the molecule is COCc1cnc(N2CCC(C3CC3CCOc3cc(F)c(CC(=O)N4CCC4)c(F)c3)CC2)nc1. The highest BCUT2D eigenvalue weighted by Crippen LogP contribution is 2.49. The van der Waals surface area contributed by atoms with Gasteiger partial charge in [-0.1, -0.05) is 0 Å². The molecular weight excluding hydrogens is 466 g/mol. The molecule has 9 heteroatoms. The van der Waals surface area contributed by atoms with E-state index >= 15 is 0 Å². The molecule has 2 atom stereocenters. The zero-order valence-corrected chi connectivity index (χ0v) is 20.8. The van der Waals surface area contributed by atoms with Crippen molar-refractivity contribution in [3.05, 3.63) is 47.3 Å². The summed E-state index contributed by atoms with van der Waals surface area (Å²) in [5, 5.41) is 0. The molecule has 3 aliphatic rings. The van der Waals surface area contributed by atoms with Gasteiger partial charge in [-0.05, 0) is 49.9 Å². The van der Waals surface area contributed by atoms with Gasteiger partial charge in [0.15, 0.2) is 0 Å². The third kappa shape index (κ3) is 5.77. The van der Waals surface area contributed by atoms with Crippen LogP contribution in [0.15, 0.2) is 24.5 Å². The number of hydrogen-bond donors (Lipinski definition) is 0. The quantitative estimate of drug-likeness (QED) is 0.491. The maximum Gasteiger partial charge on any atom is 0.227 e. The smallest absolute Gasteiger partial charge is 0.227 e. The molecule has 3 heterocycles. The van der Waals surface area contributed by atoms with E-state index in [1.807, 2.05) is 12.4 Å². The average Bonchev–Trinajstić information content (AvgIpc) is 3.61. The Bertz CT molecular complexity index is 1030. The number of rotatable bonds is 10. The largest absolute Gasteiger partial charge is 0.493 e. The van der Waals surface area contributed by atoms with Crippen molar-refractivity contribution in [2.24, 2.45) is 17.8 Å². The van der Waals surface area contributed by atoms with E-state index in [0.717, 1.165) is 50.3 Å². The van der Waals surface area contributed by atoms with E-state index in [-0.39, 0.29) is 23.6 Å². The molecule has 0 bridgehead atoms. The molecule has 36 heavy (non-hydrogen) atoms. The number of piperidine rings is 1. The van der Waals surface area contributed by atoms with Crippen molar-refractivity contribution in [3.8, 4) is 5.75 Å². The number of likely N-dealkylation sites (tertiary alicyclic amines) is 1. The summed E-state index contributed by atoms with van der Waals surface area (Å²) in [4.78, 5) is 24.9. The second-order valence-corrected chi connectivity index (χ2v) is 10.2. The molecule has 2 unspecified atom stereocenters. The summed E-state index contributed by atoms with van der Waals surface area (Å²) in [5.74, 6) is 1.30. The number of hydrogen-bond acceptors (Lipinski definition) is 6. The molecule has 7 nitrogen and oxygen atoms in total. The Hall–Kier alpha value is -2.81. The number of aromatic nitrogens is 2. The van der Waals surface area contributed by atoms with Gasteiger partial charge < -0.3 is 19.3 Å². The second-order valence-electron chi connectivity index (χ2n) is 10.2. The number of ether oxygens (including phenoxy) is 2. The number of nitrogens with zero attached hydrogens (tertiary/aromatic N) is 4. The number of carbonyl (C=O) groups excluding carboxylic acids is 1. The van der Waals surface area contributed by atoms with Crippen molar-refractivity contribution in [2.75, 3.05) is 44.8 Å². The molecule has 0 spiro atoms. The molecule has 1 aliphatic carbocycles. The monoisotopic (exact) mass is 500 g/mol. The van der Waals surface area contributed by atoms with Crippen LogP contribution in [-0.4, -0.2) is 60.7 Å².